The van der Waals surface area contributed by atoms with Crippen molar-refractivity contribution < 1.29 is 17.9 Å². The first-order valence-corrected chi connectivity index (χ1v) is 4.66. The number of benzene rings is 1. The lowest BCUT2D eigenvalue weighted by molar-refractivity contribution is -0.0520. The van der Waals surface area contributed by atoms with Crippen LogP contribution in [0.4, 0.5) is 13.2 Å². The average Bonchev–Trinajstić information content (AvgIpc) is 2.51. The van der Waals surface area contributed by atoms with Gasteiger partial charge in [-0.1, -0.05) is 0 Å². The number of aromatic nitrogens is 2. The minimum atomic E-state index is -3.06. The quantitative estimate of drug-likeness (QED) is 0.918. The molecule has 0 aliphatic carbocycles. The topological polar surface area (TPSA) is 37.9 Å². The Bertz CT molecular complexity index is 500. The van der Waals surface area contributed by atoms with Crippen LogP contribution in [0.1, 0.15) is 0 Å². The molecule has 0 unspecified atom stereocenters. The van der Waals surface area contributed by atoms with E-state index in [0.717, 1.165) is 6.07 Å². The predicted molar refractivity (Wildman–Crippen MR) is 50.4 cm³/mol. The van der Waals surface area contributed by atoms with Crippen molar-refractivity contribution in [2.24, 2.45) is 0 Å². The molecule has 0 bridgehead atoms. The minimum Gasteiger partial charge on any atom is -0.432 e. The van der Waals surface area contributed by atoms with E-state index >= 15 is 0 Å². The summed E-state index contributed by atoms with van der Waals surface area (Å²) in [6, 6.07) is 2.53. The predicted octanol–water partition coefficient (Wildman–Crippen LogP) is 3.07. The highest BCUT2D eigenvalue weighted by Gasteiger charge is 2.15. The number of aromatic amines is 1. The Balaban J connectivity index is 2.54. The zero-order valence-electron chi connectivity index (χ0n) is 7.10. The van der Waals surface area contributed by atoms with Crippen LogP contribution < -0.4 is 4.74 Å². The zero-order chi connectivity index (χ0) is 11.0. The molecule has 1 N–H and O–H groups in total. The first kappa shape index (κ1) is 10.3. The van der Waals surface area contributed by atoms with E-state index in [2.05, 4.69) is 30.6 Å². The summed E-state index contributed by atoms with van der Waals surface area (Å²) in [7, 11) is 0. The molecule has 7 heteroatoms. The fourth-order valence-electron chi connectivity index (χ4n) is 1.18. The highest BCUT2D eigenvalue weighted by molar-refractivity contribution is 9.10. The summed E-state index contributed by atoms with van der Waals surface area (Å²) in [6.07, 6.45) is 0. The van der Waals surface area contributed by atoms with Crippen molar-refractivity contribution in [3.05, 3.63) is 22.7 Å². The molecule has 0 saturated heterocycles. The maximum atomic E-state index is 13.5. The van der Waals surface area contributed by atoms with Crippen molar-refractivity contribution in [1.29, 1.82) is 0 Å². The van der Waals surface area contributed by atoms with Crippen molar-refractivity contribution in [1.82, 2.24) is 9.97 Å². The molecular formula is C8H4BrF3N2O. The number of rotatable bonds is 2. The molecule has 0 atom stereocenters. The van der Waals surface area contributed by atoms with Gasteiger partial charge < -0.3 is 9.72 Å². The number of alkyl halides is 2. The van der Waals surface area contributed by atoms with E-state index in [1.54, 1.807) is 0 Å². The summed E-state index contributed by atoms with van der Waals surface area (Å²) < 4.78 is 41.5. The lowest BCUT2D eigenvalue weighted by Gasteiger charge is -2.04. The van der Waals surface area contributed by atoms with Crippen LogP contribution >= 0.6 is 15.9 Å². The first-order chi connectivity index (χ1) is 7.08. The first-order valence-electron chi connectivity index (χ1n) is 3.86. The Morgan fingerprint density at radius 2 is 2.13 bits per heavy atom. The number of ether oxygens (including phenoxy) is 1. The number of fused-ring (bicyclic) bond motifs is 1. The van der Waals surface area contributed by atoms with E-state index in [-0.39, 0.29) is 5.52 Å². The van der Waals surface area contributed by atoms with Gasteiger partial charge in [-0.25, -0.2) is 9.37 Å². The zero-order valence-corrected chi connectivity index (χ0v) is 8.69. The van der Waals surface area contributed by atoms with Crippen LogP contribution in [0.15, 0.2) is 16.9 Å². The molecular weight excluding hydrogens is 277 g/mol. The second-order valence-electron chi connectivity index (χ2n) is 2.68. The number of halogens is 4. The Hall–Kier alpha value is -1.24. The van der Waals surface area contributed by atoms with Gasteiger partial charge in [0, 0.05) is 0 Å². The molecule has 2 aromatic rings. The van der Waals surface area contributed by atoms with E-state index in [1.807, 2.05) is 0 Å². The Labute approximate surface area is 90.4 Å². The van der Waals surface area contributed by atoms with Crippen LogP contribution in [0, 0.1) is 5.82 Å². The molecule has 80 valence electrons. The molecule has 0 amide bonds. The average molecular weight is 281 g/mol. The molecule has 0 aliphatic rings. The molecule has 0 fully saturated rings. The molecule has 0 spiro atoms. The Kier molecular flexibility index (Phi) is 2.56. The Morgan fingerprint density at radius 3 is 2.80 bits per heavy atom. The van der Waals surface area contributed by atoms with Crippen molar-refractivity contribution in [3.63, 3.8) is 0 Å². The third-order valence-electron chi connectivity index (χ3n) is 1.74. The summed E-state index contributed by atoms with van der Waals surface area (Å²) in [5, 5.41) is 0. The van der Waals surface area contributed by atoms with Crippen molar-refractivity contribution in [2.75, 3.05) is 0 Å². The maximum Gasteiger partial charge on any atom is 0.387 e. The standard InChI is InChI=1S/C8H4BrF3N2O/c9-7-13-3-1-2-4(15-8(11)12)5(10)6(3)14-7/h1-2,8H,(H,13,14). The van der Waals surface area contributed by atoms with Gasteiger partial charge in [0.2, 0.25) is 0 Å². The van der Waals surface area contributed by atoms with Crippen LogP contribution in [-0.2, 0) is 0 Å². The fourth-order valence-corrected chi connectivity index (χ4v) is 1.57. The summed E-state index contributed by atoms with van der Waals surface area (Å²) in [4.78, 5) is 6.44. The largest absolute Gasteiger partial charge is 0.432 e. The number of H-pyrrole nitrogens is 1. The van der Waals surface area contributed by atoms with Gasteiger partial charge >= 0.3 is 6.61 Å². The van der Waals surface area contributed by atoms with Crippen LogP contribution in [0.2, 0.25) is 0 Å². The van der Waals surface area contributed by atoms with Crippen molar-refractivity contribution >= 4 is 27.0 Å². The van der Waals surface area contributed by atoms with Gasteiger partial charge in [-0.05, 0) is 28.1 Å². The molecule has 0 radical (unpaired) electrons. The van der Waals surface area contributed by atoms with Gasteiger partial charge in [-0.3, -0.25) is 0 Å². The molecule has 2 rings (SSSR count). The second-order valence-corrected chi connectivity index (χ2v) is 3.43. The summed E-state index contributed by atoms with van der Waals surface area (Å²) in [5.74, 6) is -1.42. The summed E-state index contributed by atoms with van der Waals surface area (Å²) >= 11 is 3.01. The molecule has 0 aliphatic heterocycles. The highest BCUT2D eigenvalue weighted by atomic mass is 79.9. The van der Waals surface area contributed by atoms with E-state index in [0.29, 0.717) is 10.3 Å². The number of nitrogens with zero attached hydrogens (tertiary/aromatic N) is 1. The number of nitrogens with one attached hydrogen (secondary N) is 1. The van der Waals surface area contributed by atoms with Gasteiger partial charge in [0.25, 0.3) is 0 Å². The fraction of sp³-hybridized carbons (Fsp3) is 0.125. The van der Waals surface area contributed by atoms with Gasteiger partial charge in [0.1, 0.15) is 5.52 Å². The molecule has 0 saturated carbocycles. The number of hydrogen-bond acceptors (Lipinski definition) is 2. The van der Waals surface area contributed by atoms with Crippen molar-refractivity contribution in [2.45, 2.75) is 6.61 Å². The lowest BCUT2D eigenvalue weighted by Crippen LogP contribution is -2.03. The van der Waals surface area contributed by atoms with Crippen LogP contribution in [0.25, 0.3) is 11.0 Å². The smallest absolute Gasteiger partial charge is 0.387 e. The van der Waals surface area contributed by atoms with Gasteiger partial charge in [0.15, 0.2) is 16.3 Å². The number of hydrogen-bond donors (Lipinski definition) is 1. The van der Waals surface area contributed by atoms with E-state index in [9.17, 15) is 13.2 Å². The van der Waals surface area contributed by atoms with Gasteiger partial charge in [0.05, 0.1) is 5.52 Å². The summed E-state index contributed by atoms with van der Waals surface area (Å²) in [5.41, 5.74) is 0.362. The monoisotopic (exact) mass is 280 g/mol. The second kappa shape index (κ2) is 3.73. The normalized spacial score (nSPS) is 11.3. The molecule has 1 aromatic carbocycles. The maximum absolute atomic E-state index is 13.5. The lowest BCUT2D eigenvalue weighted by atomic mass is 10.3. The molecule has 1 aromatic heterocycles. The molecule has 15 heavy (non-hydrogen) atoms. The highest BCUT2D eigenvalue weighted by Crippen LogP contribution is 2.26. The van der Waals surface area contributed by atoms with Crippen LogP contribution in [0.5, 0.6) is 5.75 Å². The summed E-state index contributed by atoms with van der Waals surface area (Å²) in [6.45, 7) is -3.06. The van der Waals surface area contributed by atoms with E-state index in [1.165, 1.54) is 6.07 Å². The molecule has 1 heterocycles. The third kappa shape index (κ3) is 1.92. The SMILES string of the molecule is Fc1c(OC(F)F)ccc2[nH]c(Br)nc12. The van der Waals surface area contributed by atoms with Crippen LogP contribution in [0.3, 0.4) is 0 Å². The van der Waals surface area contributed by atoms with Gasteiger partial charge in [-0.2, -0.15) is 8.78 Å². The van der Waals surface area contributed by atoms with Crippen molar-refractivity contribution in [3.8, 4) is 5.75 Å². The Morgan fingerprint density at radius 1 is 1.40 bits per heavy atom. The molecule has 3 nitrogen and oxygen atoms in total. The van der Waals surface area contributed by atoms with E-state index < -0.39 is 18.2 Å². The third-order valence-corrected chi connectivity index (χ3v) is 2.12. The number of imidazole rings is 1. The van der Waals surface area contributed by atoms with Gasteiger partial charge in [-0.15, -0.1) is 0 Å². The van der Waals surface area contributed by atoms with Crippen LogP contribution in [-0.4, -0.2) is 16.6 Å². The van der Waals surface area contributed by atoms with E-state index in [4.69, 9.17) is 0 Å². The minimum absolute atomic E-state index is 0.0416.